The summed E-state index contributed by atoms with van der Waals surface area (Å²) in [6.07, 6.45) is 0. The number of hydrogen-bond donors (Lipinski definition) is 3. The molecule has 1 aromatic rings. The largest absolute Gasteiger partial charge is 0.477 e. The van der Waals surface area contributed by atoms with Gasteiger partial charge in [-0.25, -0.2) is 0 Å². The highest BCUT2D eigenvalue weighted by Crippen LogP contribution is 1.96. The number of hydrogen-bond acceptors (Lipinski definition) is 3. The summed E-state index contributed by atoms with van der Waals surface area (Å²) in [6, 6.07) is 10.1. The van der Waals surface area contributed by atoms with Crippen LogP contribution in [0.1, 0.15) is 5.56 Å². The lowest BCUT2D eigenvalue weighted by atomic mass is 10.2. The summed E-state index contributed by atoms with van der Waals surface area (Å²) in [7, 11) is 0. The van der Waals surface area contributed by atoms with E-state index in [-0.39, 0.29) is 4.38 Å². The van der Waals surface area contributed by atoms with Gasteiger partial charge in [0, 0.05) is 6.54 Å². The van der Waals surface area contributed by atoms with Gasteiger partial charge in [-0.05, 0) is 30.0 Å². The zero-order valence-corrected chi connectivity index (χ0v) is 11.7. The lowest BCUT2D eigenvalue weighted by molar-refractivity contribution is 0.327. The number of nitrogens with one attached hydrogen (secondary N) is 2. The van der Waals surface area contributed by atoms with Crippen LogP contribution in [0.15, 0.2) is 30.3 Å². The Labute approximate surface area is 117 Å². The van der Waals surface area contributed by atoms with Crippen LogP contribution in [0.2, 0.25) is 0 Å². The number of thiol groups is 1. The van der Waals surface area contributed by atoms with Gasteiger partial charge in [-0.2, -0.15) is 0 Å². The molecular weight excluding hydrogens is 272 g/mol. The third kappa shape index (κ3) is 7.14. The van der Waals surface area contributed by atoms with E-state index in [1.165, 1.54) is 5.56 Å². The van der Waals surface area contributed by atoms with Crippen LogP contribution in [0.5, 0.6) is 0 Å². The maximum Gasteiger partial charge on any atom is 0.216 e. The van der Waals surface area contributed by atoms with Crippen molar-refractivity contribution in [2.45, 2.75) is 6.54 Å². The van der Waals surface area contributed by atoms with Crippen LogP contribution in [-0.4, -0.2) is 22.6 Å². The Hall–Kier alpha value is -0.850. The van der Waals surface area contributed by atoms with E-state index in [0.29, 0.717) is 24.8 Å². The van der Waals surface area contributed by atoms with Gasteiger partial charge in [0.05, 0.1) is 6.54 Å². The van der Waals surface area contributed by atoms with Crippen LogP contribution >= 0.6 is 37.1 Å². The lowest BCUT2D eigenvalue weighted by Gasteiger charge is -2.10. The van der Waals surface area contributed by atoms with Gasteiger partial charge >= 0.3 is 0 Å². The second-order valence-electron chi connectivity index (χ2n) is 3.21. The molecule has 3 nitrogen and oxygen atoms in total. The molecule has 0 amide bonds. The van der Waals surface area contributed by atoms with Gasteiger partial charge in [0.2, 0.25) is 4.38 Å². The third-order valence-corrected chi connectivity index (χ3v) is 2.44. The van der Waals surface area contributed by atoms with E-state index in [4.69, 9.17) is 17.0 Å². The fraction of sp³-hybridized carbons (Fsp3) is 0.273. The van der Waals surface area contributed by atoms with Crippen LogP contribution in [0, 0.1) is 0 Å². The van der Waals surface area contributed by atoms with Gasteiger partial charge < -0.3 is 15.4 Å². The molecule has 0 fully saturated rings. The van der Waals surface area contributed by atoms with Crippen LogP contribution in [0.25, 0.3) is 0 Å². The van der Waals surface area contributed by atoms with E-state index in [1.807, 2.05) is 30.3 Å². The van der Waals surface area contributed by atoms with Crippen molar-refractivity contribution in [1.29, 1.82) is 0 Å². The van der Waals surface area contributed by atoms with E-state index in [2.05, 4.69) is 35.5 Å². The Balaban J connectivity index is 2.11. The van der Waals surface area contributed by atoms with Crippen LogP contribution < -0.4 is 10.6 Å². The molecule has 17 heavy (non-hydrogen) atoms. The first kappa shape index (κ1) is 14.2. The number of benzene rings is 1. The summed E-state index contributed by atoms with van der Waals surface area (Å²) in [4.78, 5) is 0. The molecule has 92 valence electrons. The minimum Gasteiger partial charge on any atom is -0.477 e. The zero-order chi connectivity index (χ0) is 12.5. The Morgan fingerprint density at radius 1 is 1.18 bits per heavy atom. The predicted octanol–water partition coefficient (Wildman–Crippen LogP) is 1.88. The van der Waals surface area contributed by atoms with Gasteiger partial charge in [-0.15, -0.1) is 0 Å². The first-order valence-electron chi connectivity index (χ1n) is 5.10. The number of ether oxygens (including phenoxy) is 1. The van der Waals surface area contributed by atoms with Crippen molar-refractivity contribution >= 4 is 46.6 Å². The molecule has 0 aliphatic carbocycles. The Kier molecular flexibility index (Phi) is 6.91. The normalized spacial score (nSPS) is 9.47. The van der Waals surface area contributed by atoms with E-state index < -0.39 is 0 Å². The predicted molar refractivity (Wildman–Crippen MR) is 81.4 cm³/mol. The topological polar surface area (TPSA) is 33.3 Å². The zero-order valence-electron chi connectivity index (χ0n) is 9.18. The molecule has 1 aromatic carbocycles. The molecule has 1 rings (SSSR count). The Morgan fingerprint density at radius 3 is 2.53 bits per heavy atom. The smallest absolute Gasteiger partial charge is 0.216 e. The molecule has 0 heterocycles. The summed E-state index contributed by atoms with van der Waals surface area (Å²) in [5.41, 5.74) is 1.18. The van der Waals surface area contributed by atoms with Gasteiger partial charge in [0.1, 0.15) is 6.61 Å². The molecule has 0 aliphatic rings. The van der Waals surface area contributed by atoms with Crippen molar-refractivity contribution in [2.75, 3.05) is 13.2 Å². The lowest BCUT2D eigenvalue weighted by Crippen LogP contribution is -2.36. The van der Waals surface area contributed by atoms with E-state index in [0.717, 1.165) is 0 Å². The maximum absolute atomic E-state index is 5.10. The fourth-order valence-corrected chi connectivity index (χ4v) is 1.49. The summed E-state index contributed by atoms with van der Waals surface area (Å²) >= 11 is 13.6. The minimum atomic E-state index is 0.245. The second-order valence-corrected chi connectivity index (χ2v) is 4.70. The first-order valence-corrected chi connectivity index (χ1v) is 6.36. The molecule has 0 unspecified atom stereocenters. The Morgan fingerprint density at radius 2 is 1.88 bits per heavy atom. The standard InChI is InChI=1S/C11H14N2OS3/c15-10(12-6-7-14-11(16)17)13-8-9-4-2-1-3-5-9/h1-5H,6-8H2,(H,16,17)(H2,12,13,15). The summed E-state index contributed by atoms with van der Waals surface area (Å²) < 4.78 is 5.25. The molecule has 0 saturated carbocycles. The van der Waals surface area contributed by atoms with Gasteiger partial charge in [-0.1, -0.05) is 43.0 Å². The van der Waals surface area contributed by atoms with Crippen LogP contribution in [0.4, 0.5) is 0 Å². The fourth-order valence-electron chi connectivity index (χ4n) is 1.14. The van der Waals surface area contributed by atoms with Crippen molar-refractivity contribution in [1.82, 2.24) is 10.6 Å². The summed E-state index contributed by atoms with van der Waals surface area (Å²) in [5.74, 6) is 0. The van der Waals surface area contributed by atoms with Crippen LogP contribution in [0.3, 0.4) is 0 Å². The molecule has 0 radical (unpaired) electrons. The molecule has 0 saturated heterocycles. The van der Waals surface area contributed by atoms with Gasteiger partial charge in [0.15, 0.2) is 5.11 Å². The van der Waals surface area contributed by atoms with Crippen molar-refractivity contribution in [3.8, 4) is 0 Å². The van der Waals surface area contributed by atoms with E-state index >= 15 is 0 Å². The van der Waals surface area contributed by atoms with Crippen molar-refractivity contribution in [3.63, 3.8) is 0 Å². The van der Waals surface area contributed by atoms with Crippen molar-refractivity contribution < 1.29 is 4.74 Å². The monoisotopic (exact) mass is 286 g/mol. The summed E-state index contributed by atoms with van der Waals surface area (Å²) in [5, 5.41) is 6.71. The molecule has 6 heteroatoms. The first-order chi connectivity index (χ1) is 8.18. The van der Waals surface area contributed by atoms with E-state index in [1.54, 1.807) is 0 Å². The maximum atomic E-state index is 5.10. The number of thiocarbonyl (C=S) groups is 2. The third-order valence-electron chi connectivity index (χ3n) is 1.91. The highest BCUT2D eigenvalue weighted by molar-refractivity contribution is 8.10. The van der Waals surface area contributed by atoms with Crippen molar-refractivity contribution in [2.24, 2.45) is 0 Å². The average Bonchev–Trinajstić information content (AvgIpc) is 2.33. The molecular formula is C11H14N2OS3. The molecule has 2 N–H and O–H groups in total. The Bertz CT molecular complexity index is 370. The molecule has 0 aromatic heterocycles. The minimum absolute atomic E-state index is 0.245. The van der Waals surface area contributed by atoms with Gasteiger partial charge in [-0.3, -0.25) is 0 Å². The molecule has 0 atom stereocenters. The SMILES string of the molecule is S=C(NCCOC(=S)S)NCc1ccccc1. The molecule has 0 spiro atoms. The summed E-state index contributed by atoms with van der Waals surface area (Å²) in [6.45, 7) is 1.76. The van der Waals surface area contributed by atoms with Crippen molar-refractivity contribution in [3.05, 3.63) is 35.9 Å². The highest BCUT2D eigenvalue weighted by atomic mass is 32.1. The van der Waals surface area contributed by atoms with Crippen LogP contribution in [-0.2, 0) is 11.3 Å². The highest BCUT2D eigenvalue weighted by Gasteiger charge is 1.96. The molecule has 0 aliphatic heterocycles. The van der Waals surface area contributed by atoms with E-state index in [9.17, 15) is 0 Å². The second kappa shape index (κ2) is 8.27. The average molecular weight is 286 g/mol. The van der Waals surface area contributed by atoms with Gasteiger partial charge in [0.25, 0.3) is 0 Å². The molecule has 0 bridgehead atoms. The number of rotatable bonds is 5. The quantitative estimate of drug-likeness (QED) is 0.437.